The zero-order valence-electron chi connectivity index (χ0n) is 11.6. The molecule has 1 atom stereocenters. The summed E-state index contributed by atoms with van der Waals surface area (Å²) in [6.45, 7) is 7.83. The molecule has 0 spiro atoms. The second-order valence-electron chi connectivity index (χ2n) is 4.86. The number of nitrogens with one attached hydrogen (secondary N) is 1. The molecule has 0 heterocycles. The number of hydrogen-bond acceptors (Lipinski definition) is 1. The van der Waals surface area contributed by atoms with Gasteiger partial charge in [-0.1, -0.05) is 57.4 Å². The number of hydrogen-bond donors (Lipinski definition) is 1. The molecule has 0 aromatic heterocycles. The molecular formula is C16H27N. The summed E-state index contributed by atoms with van der Waals surface area (Å²) in [5, 5.41) is 3.69. The molecule has 0 aliphatic heterocycles. The summed E-state index contributed by atoms with van der Waals surface area (Å²) in [7, 11) is 0. The van der Waals surface area contributed by atoms with E-state index in [1.807, 2.05) is 0 Å². The Hall–Kier alpha value is -0.820. The van der Waals surface area contributed by atoms with E-state index in [1.54, 1.807) is 0 Å². The van der Waals surface area contributed by atoms with E-state index in [1.165, 1.54) is 43.2 Å². The molecule has 1 aromatic rings. The van der Waals surface area contributed by atoms with Crippen LogP contribution in [0.3, 0.4) is 0 Å². The van der Waals surface area contributed by atoms with Crippen molar-refractivity contribution >= 4 is 0 Å². The predicted molar refractivity (Wildman–Crippen MR) is 76.4 cm³/mol. The second-order valence-corrected chi connectivity index (χ2v) is 4.86. The highest BCUT2D eigenvalue weighted by molar-refractivity contribution is 5.28. The molecule has 0 bridgehead atoms. The van der Waals surface area contributed by atoms with Gasteiger partial charge in [0, 0.05) is 6.04 Å². The van der Waals surface area contributed by atoms with Gasteiger partial charge in [0.2, 0.25) is 0 Å². The van der Waals surface area contributed by atoms with Crippen molar-refractivity contribution in [1.82, 2.24) is 5.32 Å². The minimum Gasteiger partial charge on any atom is -0.310 e. The van der Waals surface area contributed by atoms with Crippen LogP contribution in [0.4, 0.5) is 0 Å². The third-order valence-corrected chi connectivity index (χ3v) is 3.30. The van der Waals surface area contributed by atoms with E-state index in [0.717, 1.165) is 6.54 Å². The summed E-state index contributed by atoms with van der Waals surface area (Å²) in [4.78, 5) is 0. The highest BCUT2D eigenvalue weighted by atomic mass is 14.9. The van der Waals surface area contributed by atoms with Crippen molar-refractivity contribution in [2.75, 3.05) is 6.54 Å². The molecule has 1 nitrogen and oxygen atoms in total. The Morgan fingerprint density at radius 2 is 1.82 bits per heavy atom. The number of benzene rings is 1. The van der Waals surface area contributed by atoms with Gasteiger partial charge in [-0.3, -0.25) is 0 Å². The van der Waals surface area contributed by atoms with Gasteiger partial charge in [-0.05, 0) is 37.4 Å². The Morgan fingerprint density at radius 1 is 1.06 bits per heavy atom. The Kier molecular flexibility index (Phi) is 6.95. The lowest BCUT2D eigenvalue weighted by molar-refractivity contribution is 0.473. The van der Waals surface area contributed by atoms with Crippen LogP contribution in [0, 0.1) is 6.92 Å². The van der Waals surface area contributed by atoms with Gasteiger partial charge in [0.15, 0.2) is 0 Å². The van der Waals surface area contributed by atoms with E-state index in [0.29, 0.717) is 6.04 Å². The van der Waals surface area contributed by atoms with Crippen molar-refractivity contribution < 1.29 is 0 Å². The smallest absolute Gasteiger partial charge is 0.0322 e. The molecule has 96 valence electrons. The number of aryl methyl sites for hydroxylation is 1. The summed E-state index contributed by atoms with van der Waals surface area (Å²) in [6, 6.07) is 9.32. The SMILES string of the molecule is CCCCCC(NCCC)c1ccccc1C. The first-order valence-electron chi connectivity index (χ1n) is 7.08. The van der Waals surface area contributed by atoms with E-state index >= 15 is 0 Å². The zero-order chi connectivity index (χ0) is 12.5. The summed E-state index contributed by atoms with van der Waals surface area (Å²) in [5.41, 5.74) is 2.90. The Balaban J connectivity index is 2.64. The van der Waals surface area contributed by atoms with Gasteiger partial charge in [-0.2, -0.15) is 0 Å². The van der Waals surface area contributed by atoms with Crippen LogP contribution in [0.1, 0.15) is 63.1 Å². The molecular weight excluding hydrogens is 206 g/mol. The number of unbranched alkanes of at least 4 members (excludes halogenated alkanes) is 2. The molecule has 1 heteroatoms. The minimum atomic E-state index is 0.544. The lowest BCUT2D eigenvalue weighted by atomic mass is 9.96. The van der Waals surface area contributed by atoms with Crippen LogP contribution in [-0.4, -0.2) is 6.54 Å². The molecule has 1 N–H and O–H groups in total. The van der Waals surface area contributed by atoms with E-state index in [2.05, 4.69) is 50.4 Å². The maximum Gasteiger partial charge on any atom is 0.0322 e. The topological polar surface area (TPSA) is 12.0 Å². The average Bonchev–Trinajstić information content (AvgIpc) is 2.35. The van der Waals surface area contributed by atoms with Crippen LogP contribution >= 0.6 is 0 Å². The van der Waals surface area contributed by atoms with Crippen molar-refractivity contribution in [2.24, 2.45) is 0 Å². The predicted octanol–water partition coefficient (Wildman–Crippen LogP) is 4.62. The van der Waals surface area contributed by atoms with E-state index in [-0.39, 0.29) is 0 Å². The van der Waals surface area contributed by atoms with Crippen LogP contribution in [0.15, 0.2) is 24.3 Å². The van der Waals surface area contributed by atoms with E-state index in [9.17, 15) is 0 Å². The third kappa shape index (κ3) is 4.91. The largest absolute Gasteiger partial charge is 0.310 e. The molecule has 0 aliphatic rings. The highest BCUT2D eigenvalue weighted by Crippen LogP contribution is 2.22. The Morgan fingerprint density at radius 3 is 2.47 bits per heavy atom. The first-order valence-corrected chi connectivity index (χ1v) is 7.08. The molecule has 1 aromatic carbocycles. The normalized spacial score (nSPS) is 12.6. The quantitative estimate of drug-likeness (QED) is 0.646. The van der Waals surface area contributed by atoms with Crippen LogP contribution < -0.4 is 5.32 Å². The van der Waals surface area contributed by atoms with Gasteiger partial charge >= 0.3 is 0 Å². The summed E-state index contributed by atoms with van der Waals surface area (Å²) >= 11 is 0. The minimum absolute atomic E-state index is 0.544. The summed E-state index contributed by atoms with van der Waals surface area (Å²) in [6.07, 6.45) is 6.44. The maximum atomic E-state index is 3.69. The van der Waals surface area contributed by atoms with Crippen molar-refractivity contribution in [3.8, 4) is 0 Å². The summed E-state index contributed by atoms with van der Waals surface area (Å²) < 4.78 is 0. The van der Waals surface area contributed by atoms with Gasteiger partial charge in [0.25, 0.3) is 0 Å². The van der Waals surface area contributed by atoms with Crippen LogP contribution in [-0.2, 0) is 0 Å². The van der Waals surface area contributed by atoms with Crippen LogP contribution in [0.5, 0.6) is 0 Å². The number of rotatable bonds is 8. The van der Waals surface area contributed by atoms with Gasteiger partial charge in [0.1, 0.15) is 0 Å². The van der Waals surface area contributed by atoms with Gasteiger partial charge < -0.3 is 5.32 Å². The van der Waals surface area contributed by atoms with Crippen molar-refractivity contribution in [1.29, 1.82) is 0 Å². The maximum absolute atomic E-state index is 3.69. The molecule has 0 radical (unpaired) electrons. The first-order chi connectivity index (χ1) is 8.29. The van der Waals surface area contributed by atoms with Gasteiger partial charge in [-0.15, -0.1) is 0 Å². The van der Waals surface area contributed by atoms with Crippen LogP contribution in [0.2, 0.25) is 0 Å². The monoisotopic (exact) mass is 233 g/mol. The van der Waals surface area contributed by atoms with Crippen LogP contribution in [0.25, 0.3) is 0 Å². The van der Waals surface area contributed by atoms with Gasteiger partial charge in [0.05, 0.1) is 0 Å². The first kappa shape index (κ1) is 14.2. The third-order valence-electron chi connectivity index (χ3n) is 3.30. The highest BCUT2D eigenvalue weighted by Gasteiger charge is 2.11. The second kappa shape index (κ2) is 8.30. The molecule has 0 aliphatic carbocycles. The summed E-state index contributed by atoms with van der Waals surface area (Å²) in [5.74, 6) is 0. The lowest BCUT2D eigenvalue weighted by Crippen LogP contribution is -2.22. The van der Waals surface area contributed by atoms with Crippen molar-refractivity contribution in [2.45, 2.75) is 58.9 Å². The fourth-order valence-electron chi connectivity index (χ4n) is 2.26. The molecule has 1 unspecified atom stereocenters. The van der Waals surface area contributed by atoms with Gasteiger partial charge in [-0.25, -0.2) is 0 Å². The van der Waals surface area contributed by atoms with Crippen molar-refractivity contribution in [3.05, 3.63) is 35.4 Å². The lowest BCUT2D eigenvalue weighted by Gasteiger charge is -2.20. The molecule has 0 saturated carbocycles. The zero-order valence-corrected chi connectivity index (χ0v) is 11.6. The molecule has 0 amide bonds. The molecule has 1 rings (SSSR count). The average molecular weight is 233 g/mol. The van der Waals surface area contributed by atoms with E-state index < -0.39 is 0 Å². The Labute approximate surface area is 107 Å². The standard InChI is InChI=1S/C16H27N/c1-4-6-7-12-16(17-13-5-2)15-11-9-8-10-14(15)3/h8-11,16-17H,4-7,12-13H2,1-3H3. The van der Waals surface area contributed by atoms with Crippen molar-refractivity contribution in [3.63, 3.8) is 0 Å². The Bertz CT molecular complexity index is 306. The molecule has 17 heavy (non-hydrogen) atoms. The fraction of sp³-hybridized carbons (Fsp3) is 0.625. The fourth-order valence-corrected chi connectivity index (χ4v) is 2.26. The molecule has 0 fully saturated rings. The van der Waals surface area contributed by atoms with E-state index in [4.69, 9.17) is 0 Å². The molecule has 0 saturated heterocycles.